The third-order valence-electron chi connectivity index (χ3n) is 5.91. The van der Waals surface area contributed by atoms with Crippen LogP contribution in [0, 0.1) is 17.1 Å². The zero-order valence-electron chi connectivity index (χ0n) is 16.2. The van der Waals surface area contributed by atoms with Crippen molar-refractivity contribution >= 4 is 33.1 Å². The SMILES string of the molecule is N#Cc1ccc2sc(-c3nc(N[C@@H]4CCCC[C@@H]4N)c(F)c4c3C(=O)NC4)cc2c1. The molecule has 5 rings (SSSR count). The fourth-order valence-corrected chi connectivity index (χ4v) is 5.34. The quantitative estimate of drug-likeness (QED) is 0.595. The number of carbonyl (C=O) groups excluding carboxylic acids is 1. The lowest BCUT2D eigenvalue weighted by Crippen LogP contribution is -2.43. The van der Waals surface area contributed by atoms with Gasteiger partial charge in [0.05, 0.1) is 27.8 Å². The first-order valence-corrected chi connectivity index (χ1v) is 10.8. The molecule has 3 aromatic rings. The molecule has 3 heterocycles. The van der Waals surface area contributed by atoms with Crippen LogP contribution in [0.25, 0.3) is 20.7 Å². The Morgan fingerprint density at radius 1 is 1.30 bits per heavy atom. The van der Waals surface area contributed by atoms with E-state index in [4.69, 9.17) is 11.0 Å². The zero-order valence-corrected chi connectivity index (χ0v) is 17.0. The van der Waals surface area contributed by atoms with Gasteiger partial charge in [0.2, 0.25) is 0 Å². The van der Waals surface area contributed by atoms with Gasteiger partial charge in [-0.1, -0.05) is 12.8 Å². The maximum atomic E-state index is 15.2. The van der Waals surface area contributed by atoms with Gasteiger partial charge in [-0.2, -0.15) is 5.26 Å². The van der Waals surface area contributed by atoms with E-state index in [0.29, 0.717) is 16.8 Å². The van der Waals surface area contributed by atoms with Crippen LogP contribution in [0.5, 0.6) is 0 Å². The van der Waals surface area contributed by atoms with Gasteiger partial charge in [-0.15, -0.1) is 11.3 Å². The fraction of sp³-hybridized carbons (Fsp3) is 0.318. The summed E-state index contributed by atoms with van der Waals surface area (Å²) in [4.78, 5) is 17.8. The lowest BCUT2D eigenvalue weighted by Gasteiger charge is -2.30. The molecule has 0 radical (unpaired) electrons. The number of nitrogens with one attached hydrogen (secondary N) is 2. The van der Waals surface area contributed by atoms with E-state index in [1.54, 1.807) is 12.1 Å². The molecule has 1 amide bonds. The van der Waals surface area contributed by atoms with Crippen LogP contribution in [0.1, 0.15) is 47.2 Å². The predicted molar refractivity (Wildman–Crippen MR) is 115 cm³/mol. The van der Waals surface area contributed by atoms with E-state index in [-0.39, 0.29) is 35.9 Å². The van der Waals surface area contributed by atoms with Crippen molar-refractivity contribution in [1.29, 1.82) is 5.26 Å². The number of hydrogen-bond donors (Lipinski definition) is 3. The van der Waals surface area contributed by atoms with Crippen molar-refractivity contribution in [3.63, 3.8) is 0 Å². The number of aromatic nitrogens is 1. The number of amides is 1. The Morgan fingerprint density at radius 3 is 2.93 bits per heavy atom. The first kappa shape index (κ1) is 19.0. The van der Waals surface area contributed by atoms with Gasteiger partial charge < -0.3 is 16.4 Å². The summed E-state index contributed by atoms with van der Waals surface area (Å²) in [5, 5.41) is 16.0. The second-order valence-corrected chi connectivity index (χ2v) is 8.92. The smallest absolute Gasteiger partial charge is 0.254 e. The van der Waals surface area contributed by atoms with Crippen molar-refractivity contribution < 1.29 is 9.18 Å². The monoisotopic (exact) mass is 421 g/mol. The van der Waals surface area contributed by atoms with Gasteiger partial charge in [-0.05, 0) is 42.5 Å². The number of anilines is 1. The molecule has 0 saturated heterocycles. The number of nitrogens with zero attached hydrogens (tertiary/aromatic N) is 2. The van der Waals surface area contributed by atoms with Crippen LogP contribution in [-0.2, 0) is 6.54 Å². The number of thiophene rings is 1. The Labute approximate surface area is 176 Å². The summed E-state index contributed by atoms with van der Waals surface area (Å²) < 4.78 is 16.2. The summed E-state index contributed by atoms with van der Waals surface area (Å²) >= 11 is 1.47. The van der Waals surface area contributed by atoms with Crippen LogP contribution in [-0.4, -0.2) is 23.0 Å². The number of hydrogen-bond acceptors (Lipinski definition) is 6. The van der Waals surface area contributed by atoms with Crippen molar-refractivity contribution in [2.75, 3.05) is 5.32 Å². The molecule has 8 heteroatoms. The highest BCUT2D eigenvalue weighted by Crippen LogP contribution is 2.39. The average Bonchev–Trinajstić information content (AvgIpc) is 3.35. The Morgan fingerprint density at radius 2 is 2.13 bits per heavy atom. The highest BCUT2D eigenvalue weighted by Gasteiger charge is 2.32. The molecule has 0 unspecified atom stereocenters. The van der Waals surface area contributed by atoms with Crippen molar-refractivity contribution in [3.8, 4) is 16.6 Å². The number of halogens is 1. The third-order valence-corrected chi connectivity index (χ3v) is 7.03. The summed E-state index contributed by atoms with van der Waals surface area (Å²) in [6.07, 6.45) is 3.89. The van der Waals surface area contributed by atoms with Gasteiger partial charge in [0.1, 0.15) is 0 Å². The van der Waals surface area contributed by atoms with Gasteiger partial charge in [-0.25, -0.2) is 9.37 Å². The van der Waals surface area contributed by atoms with E-state index < -0.39 is 5.82 Å². The van der Waals surface area contributed by atoms with Crippen LogP contribution < -0.4 is 16.4 Å². The van der Waals surface area contributed by atoms with Gasteiger partial charge >= 0.3 is 0 Å². The predicted octanol–water partition coefficient (Wildman–Crippen LogP) is 3.90. The molecule has 1 fully saturated rings. The number of rotatable bonds is 3. The molecule has 4 N–H and O–H groups in total. The molecule has 1 saturated carbocycles. The van der Waals surface area contributed by atoms with E-state index in [1.807, 2.05) is 12.1 Å². The van der Waals surface area contributed by atoms with Gasteiger partial charge in [-0.3, -0.25) is 4.79 Å². The minimum absolute atomic E-state index is 0.0442. The summed E-state index contributed by atoms with van der Waals surface area (Å²) in [5.41, 5.74) is 7.90. The lowest BCUT2D eigenvalue weighted by atomic mass is 9.91. The van der Waals surface area contributed by atoms with Crippen molar-refractivity contribution in [2.24, 2.45) is 5.73 Å². The molecular formula is C22H20FN5OS. The van der Waals surface area contributed by atoms with E-state index in [0.717, 1.165) is 40.6 Å². The second kappa shape index (κ2) is 7.35. The molecule has 2 aromatic heterocycles. The van der Waals surface area contributed by atoms with E-state index in [1.165, 1.54) is 11.3 Å². The van der Waals surface area contributed by atoms with Crippen LogP contribution in [0.3, 0.4) is 0 Å². The minimum atomic E-state index is -0.488. The van der Waals surface area contributed by atoms with Crippen LogP contribution in [0.15, 0.2) is 24.3 Å². The molecule has 2 aliphatic rings. The third kappa shape index (κ3) is 3.11. The van der Waals surface area contributed by atoms with Crippen LogP contribution in [0.2, 0.25) is 0 Å². The van der Waals surface area contributed by atoms with E-state index >= 15 is 4.39 Å². The minimum Gasteiger partial charge on any atom is -0.363 e. The Hall–Kier alpha value is -3.02. The Bertz CT molecular complexity index is 1210. The normalized spacial score (nSPS) is 20.6. The second-order valence-electron chi connectivity index (χ2n) is 7.83. The highest BCUT2D eigenvalue weighted by molar-refractivity contribution is 7.22. The van der Waals surface area contributed by atoms with Crippen LogP contribution in [0.4, 0.5) is 10.2 Å². The standard InChI is InChI=1S/C22H20FN5OS/c23-19-13-10-26-22(29)18(13)20(28-21(19)27-15-4-2-1-3-14(15)25)17-8-12-7-11(9-24)5-6-16(12)30-17/h5-8,14-15H,1-4,10,25H2,(H,26,29)(H,27,28)/t14-,15+/m0/s1. The van der Waals surface area contributed by atoms with Gasteiger partial charge in [0.25, 0.3) is 5.91 Å². The number of pyridine rings is 1. The molecule has 1 aliphatic heterocycles. The lowest BCUT2D eigenvalue weighted by molar-refractivity contribution is 0.0966. The molecule has 1 aromatic carbocycles. The maximum Gasteiger partial charge on any atom is 0.254 e. The van der Waals surface area contributed by atoms with E-state index in [2.05, 4.69) is 21.7 Å². The van der Waals surface area contributed by atoms with Crippen molar-refractivity contribution in [2.45, 2.75) is 44.3 Å². The number of nitriles is 1. The number of carbonyl (C=O) groups is 1. The summed E-state index contributed by atoms with van der Waals surface area (Å²) in [7, 11) is 0. The topological polar surface area (TPSA) is 104 Å². The molecule has 1 aliphatic carbocycles. The Kier molecular flexibility index (Phi) is 4.65. The fourth-order valence-electron chi connectivity index (χ4n) is 4.30. The first-order valence-electron chi connectivity index (χ1n) is 10.0. The largest absolute Gasteiger partial charge is 0.363 e. The maximum absolute atomic E-state index is 15.2. The molecule has 6 nitrogen and oxygen atoms in total. The molecule has 30 heavy (non-hydrogen) atoms. The van der Waals surface area contributed by atoms with E-state index in [9.17, 15) is 4.79 Å². The van der Waals surface area contributed by atoms with Crippen molar-refractivity contribution in [3.05, 3.63) is 46.8 Å². The van der Waals surface area contributed by atoms with Gasteiger partial charge in [0, 0.05) is 28.9 Å². The number of benzene rings is 1. The Balaban J connectivity index is 1.63. The van der Waals surface area contributed by atoms with Gasteiger partial charge in [0.15, 0.2) is 11.6 Å². The van der Waals surface area contributed by atoms with Crippen LogP contribution >= 0.6 is 11.3 Å². The molecule has 0 spiro atoms. The highest BCUT2D eigenvalue weighted by atomic mass is 32.1. The molecular weight excluding hydrogens is 401 g/mol. The molecule has 0 bridgehead atoms. The summed E-state index contributed by atoms with van der Waals surface area (Å²) in [6.45, 7) is 0.143. The molecule has 152 valence electrons. The average molecular weight is 422 g/mol. The molecule has 2 atom stereocenters. The number of nitrogens with two attached hydrogens (primary N) is 1. The summed E-state index contributed by atoms with van der Waals surface area (Å²) in [5.74, 6) is -0.655. The number of fused-ring (bicyclic) bond motifs is 2. The summed E-state index contributed by atoms with van der Waals surface area (Å²) in [6, 6.07) is 9.39. The zero-order chi connectivity index (χ0) is 20.8. The van der Waals surface area contributed by atoms with Crippen molar-refractivity contribution in [1.82, 2.24) is 10.3 Å². The first-order chi connectivity index (χ1) is 14.5.